The molecule has 4 rings (SSSR count). The number of aromatic nitrogens is 1. The molecule has 22 heavy (non-hydrogen) atoms. The number of rotatable bonds is 1. The Kier molecular flexibility index (Phi) is 3.34. The maximum atomic E-state index is 12.5. The molecule has 2 aromatic heterocycles. The molecule has 4 heteroatoms. The first-order valence-corrected chi connectivity index (χ1v) is 8.57. The Bertz CT molecular complexity index is 907. The van der Waals surface area contributed by atoms with Gasteiger partial charge in [-0.2, -0.15) is 0 Å². The summed E-state index contributed by atoms with van der Waals surface area (Å²) >= 11 is 1.67. The minimum absolute atomic E-state index is 0.234. The average molecular weight is 311 g/mol. The molecule has 0 atom stereocenters. The van der Waals surface area contributed by atoms with Gasteiger partial charge in [0.05, 0.1) is 0 Å². The van der Waals surface area contributed by atoms with Crippen molar-refractivity contribution in [1.82, 2.24) is 4.98 Å². The summed E-state index contributed by atoms with van der Waals surface area (Å²) in [7, 11) is 0. The van der Waals surface area contributed by atoms with Crippen LogP contribution in [0.2, 0.25) is 0 Å². The number of hydrogen-bond acceptors (Lipinski definition) is 4. The number of nitrogens with zero attached hydrogens (tertiary/aromatic N) is 1. The molecule has 1 aliphatic rings. The van der Waals surface area contributed by atoms with Gasteiger partial charge in [-0.1, -0.05) is 24.6 Å². The van der Waals surface area contributed by atoms with Crippen molar-refractivity contribution >= 4 is 21.6 Å². The standard InChI is InChI=1S/C18H17NO2S/c1-11-7-5-6-8-12(11)16-19-17-15(18(20)21-16)13-9-3-2-4-10-14(13)22-17/h5-8H,2-4,9-10H2,1H3. The van der Waals surface area contributed by atoms with Crippen molar-refractivity contribution in [2.45, 2.75) is 39.0 Å². The Labute approximate surface area is 132 Å². The Balaban J connectivity index is 1.95. The second kappa shape index (κ2) is 5.36. The van der Waals surface area contributed by atoms with Gasteiger partial charge < -0.3 is 4.42 Å². The fraction of sp³-hybridized carbons (Fsp3) is 0.333. The molecule has 3 aromatic rings. The van der Waals surface area contributed by atoms with Crippen molar-refractivity contribution in [3.05, 3.63) is 50.7 Å². The summed E-state index contributed by atoms with van der Waals surface area (Å²) in [5.41, 5.74) is 2.92. The first kappa shape index (κ1) is 13.7. The van der Waals surface area contributed by atoms with Gasteiger partial charge in [0.15, 0.2) is 0 Å². The van der Waals surface area contributed by atoms with Gasteiger partial charge in [-0.25, -0.2) is 9.78 Å². The van der Waals surface area contributed by atoms with Gasteiger partial charge in [0.2, 0.25) is 5.89 Å². The molecule has 0 amide bonds. The highest BCUT2D eigenvalue weighted by atomic mass is 32.1. The lowest BCUT2D eigenvalue weighted by Crippen LogP contribution is -2.04. The molecule has 0 spiro atoms. The lowest BCUT2D eigenvalue weighted by molar-refractivity contribution is 0.518. The second-order valence-corrected chi connectivity index (χ2v) is 6.95. The minimum atomic E-state index is -0.234. The summed E-state index contributed by atoms with van der Waals surface area (Å²) < 4.78 is 5.56. The molecule has 2 heterocycles. The van der Waals surface area contributed by atoms with Crippen LogP contribution in [0.25, 0.3) is 21.7 Å². The van der Waals surface area contributed by atoms with Crippen molar-refractivity contribution in [3.63, 3.8) is 0 Å². The Morgan fingerprint density at radius 1 is 1.14 bits per heavy atom. The number of thiophene rings is 1. The summed E-state index contributed by atoms with van der Waals surface area (Å²) in [6, 6.07) is 7.87. The normalized spacial score (nSPS) is 14.8. The average Bonchev–Trinajstić information content (AvgIpc) is 2.70. The van der Waals surface area contributed by atoms with E-state index in [1.807, 2.05) is 31.2 Å². The fourth-order valence-electron chi connectivity index (χ4n) is 3.20. The molecule has 1 aliphatic carbocycles. The van der Waals surface area contributed by atoms with Crippen LogP contribution in [0.1, 0.15) is 35.3 Å². The van der Waals surface area contributed by atoms with E-state index in [-0.39, 0.29) is 5.63 Å². The zero-order chi connectivity index (χ0) is 15.1. The van der Waals surface area contributed by atoms with Crippen LogP contribution in [0.4, 0.5) is 0 Å². The second-order valence-electron chi connectivity index (χ2n) is 5.87. The molecule has 1 aromatic carbocycles. The van der Waals surface area contributed by atoms with Gasteiger partial charge in [-0.15, -0.1) is 11.3 Å². The van der Waals surface area contributed by atoms with E-state index < -0.39 is 0 Å². The zero-order valence-corrected chi connectivity index (χ0v) is 13.3. The van der Waals surface area contributed by atoms with E-state index in [0.717, 1.165) is 40.6 Å². The summed E-state index contributed by atoms with van der Waals surface area (Å²) in [4.78, 5) is 19.3. The van der Waals surface area contributed by atoms with E-state index in [9.17, 15) is 4.79 Å². The lowest BCUT2D eigenvalue weighted by atomic mass is 10.1. The number of aryl methyl sites for hydroxylation is 3. The molecule has 0 unspecified atom stereocenters. The molecule has 0 saturated heterocycles. The Morgan fingerprint density at radius 3 is 2.82 bits per heavy atom. The van der Waals surface area contributed by atoms with E-state index in [2.05, 4.69) is 4.98 Å². The summed E-state index contributed by atoms with van der Waals surface area (Å²) in [6.45, 7) is 2.00. The lowest BCUT2D eigenvalue weighted by Gasteiger charge is -2.03. The number of benzene rings is 1. The van der Waals surface area contributed by atoms with Gasteiger partial charge in [0, 0.05) is 10.4 Å². The quantitative estimate of drug-likeness (QED) is 0.622. The van der Waals surface area contributed by atoms with Crippen LogP contribution in [-0.4, -0.2) is 4.98 Å². The van der Waals surface area contributed by atoms with Crippen LogP contribution < -0.4 is 5.63 Å². The SMILES string of the molecule is Cc1ccccc1-c1nc2sc3c(c2c(=O)o1)CCCCC3. The Morgan fingerprint density at radius 2 is 1.95 bits per heavy atom. The molecule has 0 N–H and O–H groups in total. The van der Waals surface area contributed by atoms with Gasteiger partial charge in [0.25, 0.3) is 0 Å². The molecule has 0 bridgehead atoms. The highest BCUT2D eigenvalue weighted by molar-refractivity contribution is 7.18. The van der Waals surface area contributed by atoms with Crippen LogP contribution in [0.15, 0.2) is 33.5 Å². The third-order valence-electron chi connectivity index (χ3n) is 4.37. The maximum Gasteiger partial charge on any atom is 0.348 e. The number of fused-ring (bicyclic) bond motifs is 3. The largest absolute Gasteiger partial charge is 0.403 e. The van der Waals surface area contributed by atoms with Gasteiger partial charge in [-0.05, 0) is 49.8 Å². The van der Waals surface area contributed by atoms with Gasteiger partial charge >= 0.3 is 5.63 Å². The molecule has 0 saturated carbocycles. The molecule has 112 valence electrons. The fourth-order valence-corrected chi connectivity index (χ4v) is 4.44. The number of hydrogen-bond donors (Lipinski definition) is 0. The Hall–Kier alpha value is -1.94. The van der Waals surface area contributed by atoms with Crippen molar-refractivity contribution < 1.29 is 4.42 Å². The third kappa shape index (κ3) is 2.18. The van der Waals surface area contributed by atoms with Crippen molar-refractivity contribution in [2.24, 2.45) is 0 Å². The van der Waals surface area contributed by atoms with Crippen molar-refractivity contribution in [3.8, 4) is 11.5 Å². The van der Waals surface area contributed by atoms with Crippen LogP contribution in [0.5, 0.6) is 0 Å². The third-order valence-corrected chi connectivity index (χ3v) is 5.56. The molecule has 3 nitrogen and oxygen atoms in total. The monoisotopic (exact) mass is 311 g/mol. The van der Waals surface area contributed by atoms with Crippen molar-refractivity contribution in [1.29, 1.82) is 0 Å². The van der Waals surface area contributed by atoms with E-state index in [1.165, 1.54) is 23.3 Å². The first-order valence-electron chi connectivity index (χ1n) is 7.75. The van der Waals surface area contributed by atoms with E-state index in [4.69, 9.17) is 4.42 Å². The predicted molar refractivity (Wildman–Crippen MR) is 89.6 cm³/mol. The molecule has 0 fully saturated rings. The highest BCUT2D eigenvalue weighted by Gasteiger charge is 2.20. The molecular weight excluding hydrogens is 294 g/mol. The maximum absolute atomic E-state index is 12.5. The van der Waals surface area contributed by atoms with Crippen molar-refractivity contribution in [2.75, 3.05) is 0 Å². The molecule has 0 aliphatic heterocycles. The van der Waals surface area contributed by atoms with Crippen LogP contribution >= 0.6 is 11.3 Å². The molecule has 0 radical (unpaired) electrons. The summed E-state index contributed by atoms with van der Waals surface area (Å²) in [5, 5.41) is 0.722. The van der Waals surface area contributed by atoms with Crippen LogP contribution in [0.3, 0.4) is 0 Å². The van der Waals surface area contributed by atoms with Gasteiger partial charge in [0.1, 0.15) is 10.2 Å². The zero-order valence-electron chi connectivity index (χ0n) is 12.5. The van der Waals surface area contributed by atoms with Gasteiger partial charge in [-0.3, -0.25) is 0 Å². The van der Waals surface area contributed by atoms with Crippen LogP contribution in [0, 0.1) is 6.92 Å². The van der Waals surface area contributed by atoms with Crippen LogP contribution in [-0.2, 0) is 12.8 Å². The highest BCUT2D eigenvalue weighted by Crippen LogP contribution is 2.34. The van der Waals surface area contributed by atoms with E-state index in [0.29, 0.717) is 5.89 Å². The first-order chi connectivity index (χ1) is 10.7. The van der Waals surface area contributed by atoms with E-state index in [1.54, 1.807) is 11.3 Å². The summed E-state index contributed by atoms with van der Waals surface area (Å²) in [6.07, 6.45) is 5.64. The minimum Gasteiger partial charge on any atom is -0.403 e. The smallest absolute Gasteiger partial charge is 0.348 e. The van der Waals surface area contributed by atoms with E-state index >= 15 is 0 Å². The molecular formula is C18H17NO2S. The summed E-state index contributed by atoms with van der Waals surface area (Å²) in [5.74, 6) is 0.437. The topological polar surface area (TPSA) is 43.1 Å². The predicted octanol–water partition coefficient (Wildman–Crippen LogP) is 4.49.